The minimum Gasteiger partial charge on any atom is -0.310 e. The molecule has 0 spiro atoms. The predicted molar refractivity (Wildman–Crippen MR) is 221 cm³/mol. The van der Waals surface area contributed by atoms with Crippen LogP contribution in [-0.4, -0.2) is 4.57 Å². The van der Waals surface area contributed by atoms with Crippen molar-refractivity contribution >= 4 is 60.4 Å². The Morgan fingerprint density at radius 3 is 1.90 bits per heavy atom. The molecule has 2 nitrogen and oxygen atoms in total. The second-order valence-corrected chi connectivity index (χ2v) is 10.8. The van der Waals surface area contributed by atoms with Crippen molar-refractivity contribution in [1.29, 1.82) is 0 Å². The Bertz CT molecular complexity index is 4760. The molecule has 0 amide bonds. The number of rotatable bonds is 6. The van der Waals surface area contributed by atoms with Gasteiger partial charge in [-0.25, -0.2) is 0 Å². The van der Waals surface area contributed by atoms with Gasteiger partial charge in [-0.05, 0) is 98.9 Å². The number of para-hydroxylation sites is 2. The molecule has 2 heteroatoms. The first kappa shape index (κ1) is 11.6. The van der Waals surface area contributed by atoms with Crippen molar-refractivity contribution in [2.75, 3.05) is 4.90 Å². The smallest absolute Gasteiger partial charge is 0.0652 e. The van der Waals surface area contributed by atoms with Crippen molar-refractivity contribution in [2.45, 2.75) is 0 Å². The normalized spacial score (nSPS) is 20.3. The Kier molecular flexibility index (Phi) is 2.77. The van der Waals surface area contributed by atoms with Crippen molar-refractivity contribution in [3.05, 3.63) is 205 Å². The van der Waals surface area contributed by atoms with Gasteiger partial charge in [0.15, 0.2) is 0 Å². The molecule has 10 rings (SSSR count). The molecule has 0 aliphatic heterocycles. The quantitative estimate of drug-likeness (QED) is 0.168. The van der Waals surface area contributed by atoms with E-state index in [4.69, 9.17) is 23.3 Å². The predicted octanol–water partition coefficient (Wildman–Crippen LogP) is 13.9. The molecule has 0 saturated carbocycles. The number of nitrogens with zero attached hydrogens (tertiary/aromatic N) is 2. The maximum Gasteiger partial charge on any atom is 0.0652 e. The average Bonchev–Trinajstić information content (AvgIpc) is 2.14. The van der Waals surface area contributed by atoms with Crippen molar-refractivity contribution in [2.24, 2.45) is 0 Å². The number of aromatic nitrogens is 1. The van der Waals surface area contributed by atoms with Crippen LogP contribution < -0.4 is 4.90 Å². The van der Waals surface area contributed by atoms with Crippen molar-refractivity contribution in [3.8, 4) is 27.9 Å². The molecule has 0 atom stereocenters. The van der Waals surface area contributed by atoms with E-state index in [0.29, 0.717) is 4.90 Å². The minimum absolute atomic E-state index is 0.295. The maximum atomic E-state index is 10.3. The van der Waals surface area contributed by atoms with E-state index in [1.807, 2.05) is 0 Å². The third kappa shape index (κ3) is 5.12. The van der Waals surface area contributed by atoms with E-state index in [1.165, 1.54) is 0 Å². The Labute approximate surface area is 349 Å². The van der Waals surface area contributed by atoms with Gasteiger partial charge in [0.2, 0.25) is 0 Å². The molecule has 0 aliphatic carbocycles. The topological polar surface area (TPSA) is 8.17 Å². The standard InChI is InChI=1S/C50H34N2/c1-3-12-35(13-4-1)37-24-28-43(29-25-37)51(44-19-11-16-40(33-44)41-23-22-36-14-7-8-15-39(36)32-41)45-30-26-38-27-31-47-46-20-9-10-21-49(46)52(50(47)48(38)34-45)42-17-5-2-6-18-42/h1-34H/i1D,2D,3D,4D,5D,6D,7D,8D,9D,10D,11D,12D,13D,14D,15D,16D,17D,19D,20D,21D,22D,23D,24D,25D,26D,27D,28D,29D,30D,31D,32D,33D,34D. The molecule has 1 heterocycles. The second kappa shape index (κ2) is 12.5. The monoisotopic (exact) mass is 695 g/mol. The van der Waals surface area contributed by atoms with E-state index in [0.717, 1.165) is 10.6 Å². The van der Waals surface area contributed by atoms with Crippen LogP contribution in [0.25, 0.3) is 71.3 Å². The summed E-state index contributed by atoms with van der Waals surface area (Å²) >= 11 is 0. The van der Waals surface area contributed by atoms with E-state index in [2.05, 4.69) is 0 Å². The van der Waals surface area contributed by atoms with Gasteiger partial charge in [0.25, 0.3) is 0 Å². The van der Waals surface area contributed by atoms with Gasteiger partial charge in [-0.2, -0.15) is 0 Å². The fourth-order valence-electron chi connectivity index (χ4n) is 5.62. The Morgan fingerprint density at radius 2 is 1.00 bits per heavy atom. The second-order valence-electron chi connectivity index (χ2n) is 10.8. The lowest BCUT2D eigenvalue weighted by Gasteiger charge is -2.27. The Hall–Kier alpha value is -6.90. The first-order valence-electron chi connectivity index (χ1n) is 31.7. The van der Waals surface area contributed by atoms with Gasteiger partial charge in [0.1, 0.15) is 0 Å². The third-order valence-corrected chi connectivity index (χ3v) is 7.87. The first-order valence-corrected chi connectivity index (χ1v) is 15.2. The highest BCUT2D eigenvalue weighted by atomic mass is 15.1. The van der Waals surface area contributed by atoms with E-state index >= 15 is 0 Å². The summed E-state index contributed by atoms with van der Waals surface area (Å²) in [5, 5.41) is -4.20. The Morgan fingerprint density at radius 1 is 0.365 bits per heavy atom. The Balaban J connectivity index is 1.50. The van der Waals surface area contributed by atoms with E-state index in [9.17, 15) is 21.9 Å². The zero-order chi connectivity index (χ0) is 63.2. The van der Waals surface area contributed by atoms with E-state index in [1.54, 1.807) is 0 Å². The third-order valence-electron chi connectivity index (χ3n) is 7.87. The van der Waals surface area contributed by atoms with Crippen molar-refractivity contribution in [3.63, 3.8) is 0 Å². The number of fused-ring (bicyclic) bond motifs is 6. The van der Waals surface area contributed by atoms with Gasteiger partial charge in [0, 0.05) is 38.9 Å². The summed E-state index contributed by atoms with van der Waals surface area (Å²) in [6.45, 7) is 0. The van der Waals surface area contributed by atoms with Gasteiger partial charge in [0.05, 0.1) is 56.3 Å². The molecule has 0 aliphatic rings. The molecule has 9 aromatic carbocycles. The molecule has 52 heavy (non-hydrogen) atoms. The first-order chi connectivity index (χ1) is 39.5. The highest BCUT2D eigenvalue weighted by molar-refractivity contribution is 6.19. The summed E-state index contributed by atoms with van der Waals surface area (Å²) in [4.78, 5) is 0.295. The van der Waals surface area contributed by atoms with E-state index in [-0.39, 0.29) is 0 Å². The van der Waals surface area contributed by atoms with Crippen LogP contribution in [0, 0.1) is 0 Å². The summed E-state index contributed by atoms with van der Waals surface area (Å²) in [6.07, 6.45) is 0. The highest BCUT2D eigenvalue weighted by Gasteiger charge is 2.18. The van der Waals surface area contributed by atoms with Crippen LogP contribution in [0.2, 0.25) is 0 Å². The number of benzene rings is 9. The molecule has 0 N–H and O–H groups in total. The molecule has 0 radical (unpaired) electrons. The summed E-state index contributed by atoms with van der Waals surface area (Å²) < 4.78 is 300. The number of hydrogen-bond acceptors (Lipinski definition) is 1. The highest BCUT2D eigenvalue weighted by Crippen LogP contribution is 2.42. The zero-order valence-corrected chi connectivity index (χ0v) is 26.0. The zero-order valence-electron chi connectivity index (χ0n) is 59.0. The lowest BCUT2D eigenvalue weighted by atomic mass is 10.00. The van der Waals surface area contributed by atoms with Crippen LogP contribution in [0.1, 0.15) is 45.2 Å². The number of anilines is 3. The number of hydrogen-bond donors (Lipinski definition) is 0. The van der Waals surface area contributed by atoms with Gasteiger partial charge in [-0.15, -0.1) is 0 Å². The fraction of sp³-hybridized carbons (Fsp3) is 0. The van der Waals surface area contributed by atoms with Crippen LogP contribution in [0.3, 0.4) is 0 Å². The maximum absolute atomic E-state index is 10.3. The van der Waals surface area contributed by atoms with Gasteiger partial charge in [-0.1, -0.05) is 145 Å². The molecule has 10 aromatic rings. The van der Waals surface area contributed by atoms with Crippen LogP contribution >= 0.6 is 0 Å². The largest absolute Gasteiger partial charge is 0.310 e. The van der Waals surface area contributed by atoms with Gasteiger partial charge in [-0.3, -0.25) is 0 Å². The molecule has 0 bridgehead atoms. The van der Waals surface area contributed by atoms with Gasteiger partial charge >= 0.3 is 0 Å². The van der Waals surface area contributed by atoms with Crippen LogP contribution in [0.4, 0.5) is 17.1 Å². The van der Waals surface area contributed by atoms with E-state index < -0.39 is 288 Å². The molecule has 1 aromatic heterocycles. The van der Waals surface area contributed by atoms with Crippen LogP contribution in [0.15, 0.2) is 205 Å². The van der Waals surface area contributed by atoms with Crippen molar-refractivity contribution < 1.29 is 45.2 Å². The minimum atomic E-state index is -1.33. The molecule has 0 saturated heterocycles. The molecular weight excluding hydrogens is 629 g/mol. The van der Waals surface area contributed by atoms with Crippen molar-refractivity contribution in [1.82, 2.24) is 4.57 Å². The summed E-state index contributed by atoms with van der Waals surface area (Å²) in [5.41, 5.74) is -9.43. The van der Waals surface area contributed by atoms with Crippen LogP contribution in [0.5, 0.6) is 0 Å². The summed E-state index contributed by atoms with van der Waals surface area (Å²) in [5.74, 6) is 0. The van der Waals surface area contributed by atoms with Gasteiger partial charge < -0.3 is 9.47 Å². The average molecular weight is 696 g/mol. The fourth-order valence-corrected chi connectivity index (χ4v) is 5.62. The van der Waals surface area contributed by atoms with Crippen LogP contribution in [-0.2, 0) is 0 Å². The molecule has 0 fully saturated rings. The molecule has 0 unspecified atom stereocenters. The summed E-state index contributed by atoms with van der Waals surface area (Å²) in [7, 11) is 0. The SMILES string of the molecule is [2H]c1cc(-n2c3c([2H])c([2H])c([2H])c([2H])c3c3c([2H])c([2H])c4c([2H])c([2H])c(N(c5c([2H])c([2H])c(-c6c([2H])c([2H])c([2H])c([2H])c6[2H])c([2H])c5[2H])c5c([2H])c([2H])c([2H])c(-c6c([2H])c([2H])c7c([2H])c([2H])c([2H])c([2H])c7c6[2H])c5[2H])c([2H])c4c32)c([2H])c([2H])c1[2H]. The lowest BCUT2D eigenvalue weighted by Crippen LogP contribution is -2.10. The molecular formula is C50H34N2. The summed E-state index contributed by atoms with van der Waals surface area (Å²) in [6, 6.07) is -33.5. The lowest BCUT2D eigenvalue weighted by molar-refractivity contribution is 1.19. The molecule has 244 valence electrons.